The molecular formula is C15H26N6O3. The molecule has 3 amide bonds. The van der Waals surface area contributed by atoms with E-state index in [2.05, 4.69) is 20.4 Å². The first kappa shape index (κ1) is 18.2. The minimum absolute atomic E-state index is 0.0441. The van der Waals surface area contributed by atoms with Crippen LogP contribution in [0.1, 0.15) is 31.0 Å². The van der Waals surface area contributed by atoms with E-state index in [1.807, 2.05) is 0 Å². The van der Waals surface area contributed by atoms with E-state index in [4.69, 9.17) is 10.3 Å². The molecule has 1 atom stereocenters. The first-order valence-electron chi connectivity index (χ1n) is 8.25. The van der Waals surface area contributed by atoms with Crippen LogP contribution in [0.2, 0.25) is 0 Å². The number of primary amides is 1. The molecule has 9 heteroatoms. The van der Waals surface area contributed by atoms with Crippen molar-refractivity contribution in [1.29, 1.82) is 0 Å². The van der Waals surface area contributed by atoms with Crippen molar-refractivity contribution in [1.82, 2.24) is 25.3 Å². The lowest BCUT2D eigenvalue weighted by Crippen LogP contribution is -2.42. The summed E-state index contributed by atoms with van der Waals surface area (Å²) in [5, 5.41) is 6.55. The second-order valence-corrected chi connectivity index (χ2v) is 6.22. The fourth-order valence-electron chi connectivity index (χ4n) is 2.80. The van der Waals surface area contributed by atoms with Crippen LogP contribution < -0.4 is 11.1 Å². The first-order valence-corrected chi connectivity index (χ1v) is 8.25. The molecule has 2 heterocycles. The maximum Gasteiger partial charge on any atom is 0.317 e. The molecule has 9 nitrogen and oxygen atoms in total. The van der Waals surface area contributed by atoms with Crippen LogP contribution >= 0.6 is 0 Å². The van der Waals surface area contributed by atoms with E-state index in [1.54, 1.807) is 14.0 Å². The van der Waals surface area contributed by atoms with E-state index in [0.717, 1.165) is 38.9 Å². The summed E-state index contributed by atoms with van der Waals surface area (Å²) in [5.41, 5.74) is 5.38. The third kappa shape index (κ3) is 5.48. The van der Waals surface area contributed by atoms with Gasteiger partial charge in [0, 0.05) is 20.1 Å². The summed E-state index contributed by atoms with van der Waals surface area (Å²) in [6.45, 7) is 5.13. The summed E-state index contributed by atoms with van der Waals surface area (Å²) in [6, 6.07) is -0.181. The molecule has 0 unspecified atom stereocenters. The Bertz CT molecular complexity index is 561. The summed E-state index contributed by atoms with van der Waals surface area (Å²) >= 11 is 0. The number of urea groups is 1. The highest BCUT2D eigenvalue weighted by Gasteiger charge is 2.23. The number of amides is 3. The van der Waals surface area contributed by atoms with Crippen LogP contribution in [0.4, 0.5) is 4.79 Å². The van der Waals surface area contributed by atoms with Gasteiger partial charge in [-0.2, -0.15) is 4.98 Å². The highest BCUT2D eigenvalue weighted by molar-refractivity contribution is 5.77. The fourth-order valence-corrected chi connectivity index (χ4v) is 2.80. The van der Waals surface area contributed by atoms with Crippen LogP contribution in [-0.2, 0) is 11.3 Å². The number of aryl methyl sites for hydroxylation is 1. The molecule has 1 fully saturated rings. The van der Waals surface area contributed by atoms with Crippen molar-refractivity contribution in [2.24, 2.45) is 11.7 Å². The van der Waals surface area contributed by atoms with E-state index in [1.165, 1.54) is 4.90 Å². The largest absolute Gasteiger partial charge is 0.369 e. The Hall–Kier alpha value is -2.16. The molecule has 0 radical (unpaired) electrons. The standard InChI is InChI=1S/C15H26N6O3/c1-11-18-13(24-19-11)10-20(2)15(23)17-6-4-8-21-7-3-5-12(9-21)14(16)22/h12H,3-10H2,1-2H3,(H2,16,22)(H,17,23)/t12-/m1/s1. The number of piperidine rings is 1. The molecular weight excluding hydrogens is 312 g/mol. The topological polar surface area (TPSA) is 118 Å². The summed E-state index contributed by atoms with van der Waals surface area (Å²) in [7, 11) is 1.68. The first-order chi connectivity index (χ1) is 11.5. The molecule has 134 valence electrons. The smallest absolute Gasteiger partial charge is 0.317 e. The Morgan fingerprint density at radius 3 is 2.96 bits per heavy atom. The predicted octanol–water partition coefficient (Wildman–Crippen LogP) is 0.107. The van der Waals surface area contributed by atoms with Crippen LogP contribution in [0, 0.1) is 12.8 Å². The van der Waals surface area contributed by atoms with E-state index < -0.39 is 0 Å². The monoisotopic (exact) mass is 338 g/mol. The number of likely N-dealkylation sites (tertiary alicyclic amines) is 1. The van der Waals surface area contributed by atoms with Crippen LogP contribution in [0.15, 0.2) is 4.52 Å². The predicted molar refractivity (Wildman–Crippen MR) is 86.9 cm³/mol. The maximum atomic E-state index is 12.0. The van der Waals surface area contributed by atoms with Gasteiger partial charge in [0.15, 0.2) is 5.82 Å². The molecule has 1 aliphatic heterocycles. The number of carbonyl (C=O) groups is 2. The van der Waals surface area contributed by atoms with Gasteiger partial charge in [-0.25, -0.2) is 4.79 Å². The molecule has 1 aromatic heterocycles. The molecule has 3 N–H and O–H groups in total. The van der Waals surface area contributed by atoms with Gasteiger partial charge >= 0.3 is 6.03 Å². The van der Waals surface area contributed by atoms with Crippen molar-refractivity contribution in [3.63, 3.8) is 0 Å². The number of nitrogens with two attached hydrogens (primary N) is 1. The zero-order valence-corrected chi connectivity index (χ0v) is 14.3. The normalized spacial score (nSPS) is 18.3. The summed E-state index contributed by atoms with van der Waals surface area (Å²) in [6.07, 6.45) is 2.69. The second-order valence-electron chi connectivity index (χ2n) is 6.22. The van der Waals surface area contributed by atoms with Gasteiger partial charge in [0.2, 0.25) is 11.8 Å². The van der Waals surface area contributed by atoms with Crippen molar-refractivity contribution in [3.8, 4) is 0 Å². The number of aromatic nitrogens is 2. The van der Waals surface area contributed by atoms with Crippen molar-refractivity contribution < 1.29 is 14.1 Å². The number of hydrogen-bond acceptors (Lipinski definition) is 6. The highest BCUT2D eigenvalue weighted by Crippen LogP contribution is 2.15. The lowest BCUT2D eigenvalue weighted by Gasteiger charge is -2.31. The highest BCUT2D eigenvalue weighted by atomic mass is 16.5. The Morgan fingerprint density at radius 1 is 1.50 bits per heavy atom. The molecule has 24 heavy (non-hydrogen) atoms. The van der Waals surface area contributed by atoms with Gasteiger partial charge in [-0.3, -0.25) is 4.79 Å². The van der Waals surface area contributed by atoms with Gasteiger partial charge < -0.3 is 25.4 Å². The molecule has 2 rings (SSSR count). The second kappa shape index (κ2) is 8.62. The van der Waals surface area contributed by atoms with E-state index >= 15 is 0 Å². The van der Waals surface area contributed by atoms with E-state index in [9.17, 15) is 9.59 Å². The van der Waals surface area contributed by atoms with Crippen LogP contribution in [0.5, 0.6) is 0 Å². The third-order valence-electron chi connectivity index (χ3n) is 4.12. The molecule has 0 spiro atoms. The molecule has 0 bridgehead atoms. The molecule has 0 saturated carbocycles. The number of carbonyl (C=O) groups excluding carboxylic acids is 2. The molecule has 1 aromatic rings. The minimum Gasteiger partial charge on any atom is -0.369 e. The van der Waals surface area contributed by atoms with Gasteiger partial charge in [0.1, 0.15) is 6.54 Å². The van der Waals surface area contributed by atoms with Gasteiger partial charge in [-0.15, -0.1) is 0 Å². The maximum absolute atomic E-state index is 12.0. The van der Waals surface area contributed by atoms with Crippen LogP contribution in [0.25, 0.3) is 0 Å². The van der Waals surface area contributed by atoms with Gasteiger partial charge in [-0.1, -0.05) is 5.16 Å². The molecule has 1 saturated heterocycles. The quantitative estimate of drug-likeness (QED) is 0.681. The molecule has 1 aliphatic rings. The van der Waals surface area contributed by atoms with Crippen molar-refractivity contribution >= 4 is 11.9 Å². The minimum atomic E-state index is -0.217. The van der Waals surface area contributed by atoms with Crippen molar-refractivity contribution in [2.75, 3.05) is 33.2 Å². The molecule has 0 aromatic carbocycles. The summed E-state index contributed by atoms with van der Waals surface area (Å²) in [5.74, 6) is 0.703. The summed E-state index contributed by atoms with van der Waals surface area (Å²) < 4.78 is 4.99. The van der Waals surface area contributed by atoms with Crippen LogP contribution in [-0.4, -0.2) is 65.1 Å². The number of hydrogen-bond donors (Lipinski definition) is 2. The van der Waals surface area contributed by atoms with Gasteiger partial charge in [0.25, 0.3) is 0 Å². The Labute approximate surface area is 141 Å². The number of nitrogens with one attached hydrogen (secondary N) is 1. The SMILES string of the molecule is Cc1noc(CN(C)C(=O)NCCCN2CCC[C@@H](C(N)=O)C2)n1. The third-order valence-corrected chi connectivity index (χ3v) is 4.12. The zero-order chi connectivity index (χ0) is 17.5. The number of nitrogens with zero attached hydrogens (tertiary/aromatic N) is 4. The Balaban J connectivity index is 1.62. The molecule has 0 aliphatic carbocycles. The zero-order valence-electron chi connectivity index (χ0n) is 14.3. The van der Waals surface area contributed by atoms with Gasteiger partial charge in [0.05, 0.1) is 5.92 Å². The Morgan fingerprint density at radius 2 is 2.29 bits per heavy atom. The number of rotatable bonds is 7. The lowest BCUT2D eigenvalue weighted by atomic mass is 9.97. The van der Waals surface area contributed by atoms with E-state index in [0.29, 0.717) is 18.3 Å². The lowest BCUT2D eigenvalue weighted by molar-refractivity contribution is -0.123. The average molecular weight is 338 g/mol. The Kier molecular flexibility index (Phi) is 6.53. The van der Waals surface area contributed by atoms with Crippen molar-refractivity contribution in [2.45, 2.75) is 32.7 Å². The fraction of sp³-hybridized carbons (Fsp3) is 0.733. The van der Waals surface area contributed by atoms with Crippen LogP contribution in [0.3, 0.4) is 0 Å². The van der Waals surface area contributed by atoms with E-state index in [-0.39, 0.29) is 24.4 Å². The average Bonchev–Trinajstić information content (AvgIpc) is 2.96. The van der Waals surface area contributed by atoms with Crippen molar-refractivity contribution in [3.05, 3.63) is 11.7 Å². The van der Waals surface area contributed by atoms with Gasteiger partial charge in [-0.05, 0) is 39.3 Å². The summed E-state index contributed by atoms with van der Waals surface area (Å²) in [4.78, 5) is 31.1.